The average molecular weight is 875 g/mol. The number of anilines is 4. The van der Waals surface area contributed by atoms with Crippen molar-refractivity contribution in [2.24, 2.45) is 9.98 Å². The van der Waals surface area contributed by atoms with E-state index in [2.05, 4.69) is 73.9 Å². The van der Waals surface area contributed by atoms with Crippen molar-refractivity contribution < 1.29 is 28.2 Å². The van der Waals surface area contributed by atoms with Gasteiger partial charge in [-0.3, -0.25) is 19.5 Å². The first-order valence-electron chi connectivity index (χ1n) is 20.5. The van der Waals surface area contributed by atoms with E-state index in [1.165, 1.54) is 25.5 Å². The molecular weight excluding hydrogens is 824 g/mol. The first-order valence-corrected chi connectivity index (χ1v) is 20.5. The molecule has 0 aliphatic carbocycles. The monoisotopic (exact) mass is 874 g/mol. The van der Waals surface area contributed by atoms with E-state index < -0.39 is 6.04 Å². The first kappa shape index (κ1) is 46.2. The molecule has 0 saturated carbocycles. The Kier molecular flexibility index (Phi) is 16.7. The van der Waals surface area contributed by atoms with Gasteiger partial charge in [-0.05, 0) is 67.2 Å². The van der Waals surface area contributed by atoms with Gasteiger partial charge in [0, 0.05) is 64.7 Å². The number of hydrogen-bond donors (Lipinski definition) is 5. The fourth-order valence-corrected chi connectivity index (χ4v) is 6.73. The number of nitrogens with zero attached hydrogens (tertiary/aromatic N) is 9. The van der Waals surface area contributed by atoms with Crippen LogP contribution in [0.1, 0.15) is 29.4 Å². The normalized spacial score (nSPS) is 13.8. The predicted octanol–water partition coefficient (Wildman–Crippen LogP) is 4.17. The largest absolute Gasteiger partial charge is 0.479 e. The molecule has 0 bridgehead atoms. The molecule has 0 unspecified atom stereocenters. The minimum absolute atomic E-state index is 0.0682. The van der Waals surface area contributed by atoms with Crippen molar-refractivity contribution in [3.63, 3.8) is 0 Å². The molecule has 334 valence electrons. The van der Waals surface area contributed by atoms with Crippen molar-refractivity contribution in [3.05, 3.63) is 107 Å². The van der Waals surface area contributed by atoms with E-state index in [9.17, 15) is 19.2 Å². The Bertz CT molecular complexity index is 2480. The van der Waals surface area contributed by atoms with Crippen LogP contribution in [0.4, 0.5) is 27.9 Å². The number of amides is 2. The lowest BCUT2D eigenvalue weighted by molar-refractivity contribution is -0.129. The van der Waals surface area contributed by atoms with Crippen LogP contribution in [-0.4, -0.2) is 132 Å². The summed E-state index contributed by atoms with van der Waals surface area (Å²) in [7, 11) is 3.02. The van der Waals surface area contributed by atoms with Gasteiger partial charge in [-0.25, -0.2) is 14.4 Å². The van der Waals surface area contributed by atoms with Gasteiger partial charge in [-0.2, -0.15) is 20.2 Å². The molecule has 0 spiro atoms. The molecule has 1 saturated heterocycles. The molecule has 64 heavy (non-hydrogen) atoms. The number of nitrogens with one attached hydrogen (secondary N) is 5. The first-order chi connectivity index (χ1) is 31.2. The zero-order chi connectivity index (χ0) is 45.3. The van der Waals surface area contributed by atoms with E-state index in [0.717, 1.165) is 11.1 Å². The van der Waals surface area contributed by atoms with Crippen LogP contribution in [0.5, 0.6) is 0 Å². The number of carbonyl (C=O) groups excluding carboxylic acids is 2. The van der Waals surface area contributed by atoms with Crippen molar-refractivity contribution in [2.75, 3.05) is 82.7 Å². The van der Waals surface area contributed by atoms with E-state index in [0.29, 0.717) is 74.0 Å². The summed E-state index contributed by atoms with van der Waals surface area (Å²) in [4.78, 5) is 60.5. The van der Waals surface area contributed by atoms with Crippen LogP contribution in [0.2, 0.25) is 0 Å². The third-order valence-corrected chi connectivity index (χ3v) is 9.91. The number of aromatic nitrogens is 5. The van der Waals surface area contributed by atoms with Gasteiger partial charge in [0.05, 0.1) is 56.1 Å². The quantitative estimate of drug-likeness (QED) is 0.0285. The van der Waals surface area contributed by atoms with E-state index in [1.807, 2.05) is 24.3 Å². The molecule has 5 aromatic rings. The number of fused-ring (bicyclic) bond motifs is 1. The van der Waals surface area contributed by atoms with Gasteiger partial charge < -0.3 is 45.4 Å². The molecule has 20 heteroatoms. The highest BCUT2D eigenvalue weighted by Crippen LogP contribution is 2.22. The molecule has 1 aliphatic heterocycles. The number of H-pyrrole nitrogens is 1. The Hall–Kier alpha value is -7.34. The van der Waals surface area contributed by atoms with Crippen molar-refractivity contribution in [1.29, 1.82) is 5.26 Å². The molecule has 3 heterocycles. The standard InChI is InChI=1S/C44H51FN14O5/c1-5-48-40(63-4)38(47-2)41(61)59-18-16-58(17-19-59)28-31-7-6-8-33(23-31)51-43-55-42(50-27-37-52-34-14-13-32(45)25-35(34)53-37)56-44(57-43)54-36(24-29-9-11-30(26-46)12-10-29)39(60)49-15-20-64-22-21-62-3/h5-14,23,25,36H,2,15-22,24,27-28H2,1,3-4H3,(H,49,60)(H,52,53)(H3,50,51,54,55,56,57)/b40-38+,48-5?/t36-/m0/s1. The maximum atomic E-state index is 13.9. The molecule has 3 aromatic carbocycles. The molecule has 19 nitrogen and oxygen atoms in total. The number of piperazine rings is 1. The lowest BCUT2D eigenvalue weighted by Crippen LogP contribution is -2.48. The molecule has 6 rings (SSSR count). The van der Waals surface area contributed by atoms with Gasteiger partial charge in [0.2, 0.25) is 29.6 Å². The third kappa shape index (κ3) is 13.1. The fourth-order valence-electron chi connectivity index (χ4n) is 6.73. The SMILES string of the molecule is C=N/C(C(=O)N1CCN(Cc2cccc(Nc3nc(NCc4nc5ccc(F)cc5[nH]4)nc(N[C@@H](Cc4ccc(C#N)cc4)C(=O)NCCOCCOC)n3)c2)CC1)=C(\N=CC)OC. The van der Waals surface area contributed by atoms with E-state index in [-0.39, 0.29) is 73.2 Å². The summed E-state index contributed by atoms with van der Waals surface area (Å²) in [6, 6.07) is 20.4. The highest BCUT2D eigenvalue weighted by atomic mass is 19.1. The van der Waals surface area contributed by atoms with Crippen LogP contribution >= 0.6 is 0 Å². The van der Waals surface area contributed by atoms with Gasteiger partial charge in [-0.15, -0.1) is 0 Å². The third-order valence-electron chi connectivity index (χ3n) is 9.91. The highest BCUT2D eigenvalue weighted by Gasteiger charge is 2.26. The molecule has 2 aromatic heterocycles. The summed E-state index contributed by atoms with van der Waals surface area (Å²) >= 11 is 0. The van der Waals surface area contributed by atoms with Crippen LogP contribution in [-0.2, 0) is 43.3 Å². The summed E-state index contributed by atoms with van der Waals surface area (Å²) in [5, 5.41) is 21.9. The highest BCUT2D eigenvalue weighted by molar-refractivity contribution is 5.94. The molecular formula is C44H51FN14O5. The van der Waals surface area contributed by atoms with Crippen LogP contribution in [0.3, 0.4) is 0 Å². The van der Waals surface area contributed by atoms with Crippen LogP contribution in [0.25, 0.3) is 11.0 Å². The lowest BCUT2D eigenvalue weighted by Gasteiger charge is -2.34. The fraction of sp³-hybridized carbons (Fsp3) is 0.341. The minimum Gasteiger partial charge on any atom is -0.479 e. The van der Waals surface area contributed by atoms with E-state index in [4.69, 9.17) is 14.2 Å². The summed E-state index contributed by atoms with van der Waals surface area (Å²) in [5.74, 6) is 0.0932. The van der Waals surface area contributed by atoms with Crippen LogP contribution < -0.4 is 21.3 Å². The maximum absolute atomic E-state index is 13.9. The Morgan fingerprint density at radius 1 is 0.969 bits per heavy atom. The number of halogens is 1. The molecule has 1 atom stereocenters. The summed E-state index contributed by atoms with van der Waals surface area (Å²) in [6.45, 7) is 9.63. The zero-order valence-corrected chi connectivity index (χ0v) is 35.9. The second-order valence-electron chi connectivity index (χ2n) is 14.4. The van der Waals surface area contributed by atoms with Gasteiger partial charge in [-0.1, -0.05) is 24.3 Å². The number of aliphatic imine (C=N–C) groups is 2. The zero-order valence-electron chi connectivity index (χ0n) is 35.9. The summed E-state index contributed by atoms with van der Waals surface area (Å²) in [6.07, 6.45) is 1.77. The second kappa shape index (κ2) is 23.2. The smallest absolute Gasteiger partial charge is 0.278 e. The average Bonchev–Trinajstić information content (AvgIpc) is 3.71. The minimum atomic E-state index is -0.845. The van der Waals surface area contributed by atoms with Gasteiger partial charge in [0.25, 0.3) is 5.91 Å². The van der Waals surface area contributed by atoms with Gasteiger partial charge in [0.15, 0.2) is 5.70 Å². The Labute approximate surface area is 369 Å². The molecule has 1 aliphatic rings. The number of methoxy groups -OCH3 is 2. The summed E-state index contributed by atoms with van der Waals surface area (Å²) < 4.78 is 29.7. The lowest BCUT2D eigenvalue weighted by atomic mass is 10.0. The van der Waals surface area contributed by atoms with E-state index >= 15 is 0 Å². The number of ether oxygens (including phenoxy) is 3. The maximum Gasteiger partial charge on any atom is 0.278 e. The number of nitriles is 1. The Morgan fingerprint density at radius 2 is 1.75 bits per heavy atom. The number of rotatable bonds is 22. The molecule has 2 amide bonds. The number of imidazole rings is 1. The van der Waals surface area contributed by atoms with Crippen molar-refractivity contribution in [1.82, 2.24) is 40.0 Å². The topological polar surface area (TPSA) is 232 Å². The Morgan fingerprint density at radius 3 is 2.48 bits per heavy atom. The van der Waals surface area contributed by atoms with Crippen molar-refractivity contribution >= 4 is 59.3 Å². The molecule has 0 radical (unpaired) electrons. The van der Waals surface area contributed by atoms with Crippen LogP contribution in [0.15, 0.2) is 88.3 Å². The van der Waals surface area contributed by atoms with Crippen molar-refractivity contribution in [3.8, 4) is 6.07 Å². The number of aromatic amines is 1. The molecule has 5 N–H and O–H groups in total. The summed E-state index contributed by atoms with van der Waals surface area (Å²) in [5.41, 5.74) is 4.22. The van der Waals surface area contributed by atoms with Gasteiger partial charge in [0.1, 0.15) is 17.7 Å². The number of carbonyl (C=O) groups is 2. The second-order valence-corrected chi connectivity index (χ2v) is 14.4. The van der Waals surface area contributed by atoms with Gasteiger partial charge >= 0.3 is 0 Å². The Balaban J connectivity index is 1.20. The number of benzene rings is 3. The molecule has 1 fully saturated rings. The van der Waals surface area contributed by atoms with Crippen LogP contribution in [0, 0.1) is 17.1 Å². The predicted molar refractivity (Wildman–Crippen MR) is 241 cm³/mol. The van der Waals surface area contributed by atoms with Crippen molar-refractivity contribution in [2.45, 2.75) is 32.5 Å². The van der Waals surface area contributed by atoms with E-state index in [1.54, 1.807) is 49.3 Å². The number of hydrogen-bond acceptors (Lipinski definition) is 16.